The van der Waals surface area contributed by atoms with Crippen molar-refractivity contribution < 1.29 is 4.79 Å². The molecule has 0 unspecified atom stereocenters. The first-order chi connectivity index (χ1) is 13.9. The Labute approximate surface area is 174 Å². The van der Waals surface area contributed by atoms with Gasteiger partial charge in [0, 0.05) is 30.5 Å². The molecule has 2 heterocycles. The number of thiophene rings is 1. The molecule has 29 heavy (non-hydrogen) atoms. The molecule has 3 aromatic rings. The van der Waals surface area contributed by atoms with Crippen LogP contribution in [0.1, 0.15) is 27.7 Å². The summed E-state index contributed by atoms with van der Waals surface area (Å²) in [5.41, 5.74) is 0.989. The molecule has 2 aromatic heterocycles. The number of hydrogen-bond donors (Lipinski definition) is 1. The molecule has 0 radical (unpaired) electrons. The normalized spacial score (nSPS) is 11.3. The van der Waals surface area contributed by atoms with Gasteiger partial charge in [0.25, 0.3) is 11.5 Å². The maximum Gasteiger partial charge on any atom is 0.267 e. The van der Waals surface area contributed by atoms with E-state index in [1.54, 1.807) is 19.9 Å². The highest BCUT2D eigenvalue weighted by atomic mass is 32.1. The number of benzene rings is 1. The van der Waals surface area contributed by atoms with E-state index in [1.807, 2.05) is 41.8 Å². The highest BCUT2D eigenvalue weighted by molar-refractivity contribution is 7.13. The van der Waals surface area contributed by atoms with Gasteiger partial charge in [-0.05, 0) is 69.5 Å². The second-order valence-corrected chi connectivity index (χ2v) is 8.13. The van der Waals surface area contributed by atoms with Gasteiger partial charge in [0.1, 0.15) is 11.2 Å². The summed E-state index contributed by atoms with van der Waals surface area (Å²) < 4.78 is 1.25. The lowest BCUT2D eigenvalue weighted by atomic mass is 10.0. The van der Waals surface area contributed by atoms with Crippen LogP contribution in [0.15, 0.2) is 58.7 Å². The van der Waals surface area contributed by atoms with E-state index in [-0.39, 0.29) is 11.5 Å². The Morgan fingerprint density at radius 2 is 1.79 bits per heavy atom. The van der Waals surface area contributed by atoms with Gasteiger partial charge in [0.05, 0.1) is 4.88 Å². The van der Waals surface area contributed by atoms with E-state index < -0.39 is 5.54 Å². The highest BCUT2D eigenvalue weighted by Crippen LogP contribution is 2.24. The molecule has 0 spiro atoms. The molecular formula is C22H26N4O2S. The first-order valence-corrected chi connectivity index (χ1v) is 10.6. The second-order valence-electron chi connectivity index (χ2n) is 7.18. The number of rotatable bonds is 7. The molecule has 1 N–H and O–H groups in total. The predicted molar refractivity (Wildman–Crippen MR) is 120 cm³/mol. The number of aromatic nitrogens is 2. The van der Waals surface area contributed by atoms with Gasteiger partial charge in [0.2, 0.25) is 0 Å². The molecule has 0 saturated carbocycles. The Balaban J connectivity index is 1.83. The van der Waals surface area contributed by atoms with Crippen LogP contribution in [-0.4, -0.2) is 28.8 Å². The summed E-state index contributed by atoms with van der Waals surface area (Å²) in [4.78, 5) is 28.6. The molecule has 7 heteroatoms. The first-order valence-electron chi connectivity index (χ1n) is 9.68. The van der Waals surface area contributed by atoms with E-state index in [4.69, 9.17) is 0 Å². The van der Waals surface area contributed by atoms with Gasteiger partial charge in [-0.1, -0.05) is 6.07 Å². The largest absolute Gasteiger partial charge is 0.372 e. The van der Waals surface area contributed by atoms with Crippen molar-refractivity contribution in [3.63, 3.8) is 0 Å². The summed E-state index contributed by atoms with van der Waals surface area (Å²) in [6.45, 7) is 9.45. The van der Waals surface area contributed by atoms with Crippen LogP contribution in [0, 0.1) is 0 Å². The minimum atomic E-state index is -1.15. The summed E-state index contributed by atoms with van der Waals surface area (Å²) in [6, 6.07) is 14.7. The van der Waals surface area contributed by atoms with Gasteiger partial charge in [-0.15, -0.1) is 11.3 Å². The van der Waals surface area contributed by atoms with Crippen LogP contribution in [0.5, 0.6) is 0 Å². The lowest BCUT2D eigenvalue weighted by Gasteiger charge is -2.25. The molecule has 6 nitrogen and oxygen atoms in total. The van der Waals surface area contributed by atoms with Crippen molar-refractivity contribution >= 4 is 28.6 Å². The zero-order valence-electron chi connectivity index (χ0n) is 17.2. The average molecular weight is 411 g/mol. The summed E-state index contributed by atoms with van der Waals surface area (Å²) in [5, 5.41) is 9.32. The number of hydrogen-bond acceptors (Lipinski definition) is 5. The van der Waals surface area contributed by atoms with Crippen molar-refractivity contribution in [2.75, 3.05) is 23.3 Å². The first kappa shape index (κ1) is 20.8. The smallest absolute Gasteiger partial charge is 0.267 e. The molecule has 0 fully saturated rings. The van der Waals surface area contributed by atoms with Gasteiger partial charge in [-0.3, -0.25) is 9.59 Å². The third-order valence-electron chi connectivity index (χ3n) is 4.91. The number of nitrogens with one attached hydrogen (secondary N) is 1. The summed E-state index contributed by atoms with van der Waals surface area (Å²) in [5.74, 6) is -0.300. The third kappa shape index (κ3) is 4.40. The summed E-state index contributed by atoms with van der Waals surface area (Å²) >= 11 is 1.54. The highest BCUT2D eigenvalue weighted by Gasteiger charge is 2.32. The van der Waals surface area contributed by atoms with Gasteiger partial charge in [-0.2, -0.15) is 5.10 Å². The monoisotopic (exact) mass is 410 g/mol. The Morgan fingerprint density at radius 1 is 1.10 bits per heavy atom. The van der Waals surface area contributed by atoms with Gasteiger partial charge in [0.15, 0.2) is 0 Å². The molecule has 0 saturated heterocycles. The number of amides is 1. The molecule has 0 bridgehead atoms. The minimum absolute atomic E-state index is 0.300. The molecule has 1 amide bonds. The predicted octanol–water partition coefficient (Wildman–Crippen LogP) is 4.19. The Hall–Kier alpha value is -2.93. The number of nitrogens with zero attached hydrogens (tertiary/aromatic N) is 3. The summed E-state index contributed by atoms with van der Waals surface area (Å²) in [6.07, 6.45) is 0. The van der Waals surface area contributed by atoms with Crippen LogP contribution in [-0.2, 0) is 10.3 Å². The van der Waals surface area contributed by atoms with E-state index in [0.717, 1.165) is 23.7 Å². The van der Waals surface area contributed by atoms with Crippen molar-refractivity contribution in [2.24, 2.45) is 0 Å². The molecule has 0 aliphatic carbocycles. The second kappa shape index (κ2) is 8.61. The van der Waals surface area contributed by atoms with E-state index in [9.17, 15) is 9.59 Å². The Kier molecular flexibility index (Phi) is 6.17. The average Bonchev–Trinajstić information content (AvgIpc) is 3.25. The Bertz CT molecular complexity index is 1020. The van der Waals surface area contributed by atoms with Crippen molar-refractivity contribution in [3.8, 4) is 10.6 Å². The molecule has 0 atom stereocenters. The lowest BCUT2D eigenvalue weighted by Crippen LogP contribution is -2.47. The Morgan fingerprint density at radius 3 is 2.38 bits per heavy atom. The zero-order valence-corrected chi connectivity index (χ0v) is 18.0. The topological polar surface area (TPSA) is 67.2 Å². The SMILES string of the molecule is CCN(CC)c1ccc(NC(=O)C(C)(C)n2nc(-c3cccs3)ccc2=O)cc1. The van der Waals surface area contributed by atoms with Gasteiger partial charge < -0.3 is 10.2 Å². The van der Waals surface area contributed by atoms with Crippen molar-refractivity contribution in [1.82, 2.24) is 9.78 Å². The molecule has 0 aliphatic heterocycles. The van der Waals surface area contributed by atoms with E-state index in [1.165, 1.54) is 22.1 Å². The fourth-order valence-corrected chi connectivity index (χ4v) is 3.78. The minimum Gasteiger partial charge on any atom is -0.372 e. The quantitative estimate of drug-likeness (QED) is 0.634. The molecule has 0 aliphatic rings. The van der Waals surface area contributed by atoms with Crippen LogP contribution >= 0.6 is 11.3 Å². The van der Waals surface area contributed by atoms with E-state index in [0.29, 0.717) is 11.4 Å². The van der Waals surface area contributed by atoms with E-state index >= 15 is 0 Å². The number of carbonyl (C=O) groups excluding carboxylic acids is 1. The van der Waals surface area contributed by atoms with Gasteiger partial charge >= 0.3 is 0 Å². The van der Waals surface area contributed by atoms with Crippen molar-refractivity contribution in [2.45, 2.75) is 33.2 Å². The number of anilines is 2. The lowest BCUT2D eigenvalue weighted by molar-refractivity contribution is -0.123. The van der Waals surface area contributed by atoms with Crippen molar-refractivity contribution in [1.29, 1.82) is 0 Å². The standard InChI is InChI=1S/C22H26N4O2S/c1-5-25(6-2)17-11-9-16(10-12-17)23-21(28)22(3,4)26-20(27)14-13-18(24-26)19-8-7-15-29-19/h7-15H,5-6H2,1-4H3,(H,23,28). The van der Waals surface area contributed by atoms with Crippen LogP contribution in [0.4, 0.5) is 11.4 Å². The third-order valence-corrected chi connectivity index (χ3v) is 5.81. The molecule has 152 valence electrons. The fraction of sp³-hybridized carbons (Fsp3) is 0.318. The number of carbonyl (C=O) groups is 1. The van der Waals surface area contributed by atoms with Crippen LogP contribution in [0.3, 0.4) is 0 Å². The maximum absolute atomic E-state index is 13.0. The van der Waals surface area contributed by atoms with Crippen molar-refractivity contribution in [3.05, 3.63) is 64.3 Å². The van der Waals surface area contributed by atoms with Gasteiger partial charge in [-0.25, -0.2) is 4.68 Å². The van der Waals surface area contributed by atoms with E-state index in [2.05, 4.69) is 29.2 Å². The zero-order chi connectivity index (χ0) is 21.0. The van der Waals surface area contributed by atoms with Crippen LogP contribution in [0.2, 0.25) is 0 Å². The summed E-state index contributed by atoms with van der Waals surface area (Å²) in [7, 11) is 0. The molecule has 3 rings (SSSR count). The molecule has 1 aromatic carbocycles. The molecular weight excluding hydrogens is 384 g/mol. The van der Waals surface area contributed by atoms with Crippen LogP contribution in [0.25, 0.3) is 10.6 Å². The van der Waals surface area contributed by atoms with Crippen LogP contribution < -0.4 is 15.8 Å². The maximum atomic E-state index is 13.0. The fourth-order valence-electron chi connectivity index (χ4n) is 3.09.